The van der Waals surface area contributed by atoms with Crippen molar-refractivity contribution in [1.29, 1.82) is 0 Å². The molecule has 1 fully saturated rings. The van der Waals surface area contributed by atoms with Crippen LogP contribution in [-0.4, -0.2) is 70.4 Å². The van der Waals surface area contributed by atoms with Crippen molar-refractivity contribution in [2.75, 3.05) is 37.4 Å². The second kappa shape index (κ2) is 9.01. The normalized spacial score (nSPS) is 22.1. The van der Waals surface area contributed by atoms with E-state index in [9.17, 15) is 4.79 Å². The number of thiophene rings is 1. The van der Waals surface area contributed by atoms with Crippen LogP contribution in [0.1, 0.15) is 30.7 Å². The SMILES string of the molecule is CC1CN(C(=O)C2CCc3c(sc4ncnc(Nc5cc6cn[nH]c6cc5N(C)C)c34)C2)CC(C)O1. The lowest BCUT2D eigenvalue weighted by Gasteiger charge is -2.37. The van der Waals surface area contributed by atoms with E-state index >= 15 is 0 Å². The molecule has 1 amide bonds. The summed E-state index contributed by atoms with van der Waals surface area (Å²) in [6.45, 7) is 5.43. The summed E-state index contributed by atoms with van der Waals surface area (Å²) in [5, 5.41) is 12.9. The average molecular weight is 506 g/mol. The van der Waals surface area contributed by atoms with Crippen LogP contribution in [0.25, 0.3) is 21.1 Å². The van der Waals surface area contributed by atoms with Gasteiger partial charge >= 0.3 is 0 Å². The molecule has 0 bridgehead atoms. The van der Waals surface area contributed by atoms with E-state index in [4.69, 9.17) is 4.74 Å². The van der Waals surface area contributed by atoms with Crippen LogP contribution >= 0.6 is 11.3 Å². The van der Waals surface area contributed by atoms with Gasteiger partial charge in [-0.05, 0) is 50.8 Å². The second-order valence-corrected chi connectivity index (χ2v) is 11.3. The number of aromatic nitrogens is 4. The third kappa shape index (κ3) is 4.08. The van der Waals surface area contributed by atoms with E-state index in [0.29, 0.717) is 13.1 Å². The monoisotopic (exact) mass is 505 g/mol. The maximum atomic E-state index is 13.4. The molecule has 6 rings (SSSR count). The largest absolute Gasteiger partial charge is 0.376 e. The molecule has 4 aromatic rings. The highest BCUT2D eigenvalue weighted by molar-refractivity contribution is 7.19. The third-order valence-electron chi connectivity index (χ3n) is 7.22. The Kier molecular flexibility index (Phi) is 5.80. The average Bonchev–Trinajstić information content (AvgIpc) is 3.46. The topological polar surface area (TPSA) is 99.3 Å². The van der Waals surface area contributed by atoms with Gasteiger partial charge in [-0.15, -0.1) is 11.3 Å². The zero-order chi connectivity index (χ0) is 25.0. The minimum atomic E-state index is 0.0104. The summed E-state index contributed by atoms with van der Waals surface area (Å²) in [7, 11) is 4.05. The molecular formula is C26H31N7O2S. The van der Waals surface area contributed by atoms with Gasteiger partial charge in [0.25, 0.3) is 0 Å². The molecule has 1 saturated heterocycles. The number of amides is 1. The van der Waals surface area contributed by atoms with Gasteiger partial charge in [0.2, 0.25) is 5.91 Å². The highest BCUT2D eigenvalue weighted by atomic mass is 32.1. The van der Waals surface area contributed by atoms with E-state index < -0.39 is 0 Å². The van der Waals surface area contributed by atoms with Crippen molar-refractivity contribution in [1.82, 2.24) is 25.1 Å². The molecule has 2 N–H and O–H groups in total. The second-order valence-electron chi connectivity index (χ2n) is 10.2. The number of nitrogens with zero attached hydrogens (tertiary/aromatic N) is 5. The minimum Gasteiger partial charge on any atom is -0.376 e. The van der Waals surface area contributed by atoms with Gasteiger partial charge in [-0.1, -0.05) is 0 Å². The maximum Gasteiger partial charge on any atom is 0.226 e. The molecule has 0 spiro atoms. The number of carbonyl (C=O) groups excluding carboxylic acids is 1. The Morgan fingerprint density at radius 3 is 2.81 bits per heavy atom. The first-order valence-electron chi connectivity index (χ1n) is 12.5. The summed E-state index contributed by atoms with van der Waals surface area (Å²) >= 11 is 1.70. The highest BCUT2D eigenvalue weighted by Crippen LogP contribution is 2.42. The van der Waals surface area contributed by atoms with Gasteiger partial charge in [-0.3, -0.25) is 9.89 Å². The van der Waals surface area contributed by atoms with Gasteiger partial charge in [-0.2, -0.15) is 5.10 Å². The summed E-state index contributed by atoms with van der Waals surface area (Å²) in [5.74, 6) is 1.08. The van der Waals surface area contributed by atoms with Crippen LogP contribution in [0.2, 0.25) is 0 Å². The Bertz CT molecular complexity index is 1440. The van der Waals surface area contributed by atoms with Crippen molar-refractivity contribution in [2.24, 2.45) is 5.92 Å². The molecule has 3 aromatic heterocycles. The van der Waals surface area contributed by atoms with E-state index in [-0.39, 0.29) is 24.0 Å². The van der Waals surface area contributed by atoms with Crippen LogP contribution in [0.4, 0.5) is 17.2 Å². The molecule has 2 aliphatic rings. The van der Waals surface area contributed by atoms with E-state index in [1.807, 2.05) is 39.0 Å². The third-order valence-corrected chi connectivity index (χ3v) is 8.38. The van der Waals surface area contributed by atoms with Gasteiger partial charge in [0, 0.05) is 43.4 Å². The molecule has 10 heteroatoms. The molecule has 0 radical (unpaired) electrons. The molecule has 0 saturated carbocycles. The Labute approximate surface area is 213 Å². The summed E-state index contributed by atoms with van der Waals surface area (Å²) in [5.41, 5.74) is 4.28. The molecule has 188 valence electrons. The number of aryl methyl sites for hydroxylation is 1. The van der Waals surface area contributed by atoms with Crippen molar-refractivity contribution in [3.63, 3.8) is 0 Å². The van der Waals surface area contributed by atoms with Crippen molar-refractivity contribution >= 4 is 55.6 Å². The zero-order valence-electron chi connectivity index (χ0n) is 21.0. The molecule has 3 unspecified atom stereocenters. The summed E-state index contributed by atoms with van der Waals surface area (Å²) < 4.78 is 5.83. The summed E-state index contributed by atoms with van der Waals surface area (Å²) in [6.07, 6.45) is 6.07. The van der Waals surface area contributed by atoms with Crippen LogP contribution in [0, 0.1) is 5.92 Å². The lowest BCUT2D eigenvalue weighted by atomic mass is 9.86. The van der Waals surface area contributed by atoms with Crippen molar-refractivity contribution in [2.45, 2.75) is 45.3 Å². The minimum absolute atomic E-state index is 0.0104. The van der Waals surface area contributed by atoms with E-state index in [1.165, 1.54) is 10.4 Å². The fourth-order valence-corrected chi connectivity index (χ4v) is 6.88. The van der Waals surface area contributed by atoms with Gasteiger partial charge in [0.05, 0.1) is 40.7 Å². The first kappa shape index (κ1) is 23.2. The Hall–Kier alpha value is -3.24. The molecule has 1 aliphatic carbocycles. The fraction of sp³-hybridized carbons (Fsp3) is 0.462. The number of ether oxygens (including phenoxy) is 1. The molecule has 1 aromatic carbocycles. The quantitative estimate of drug-likeness (QED) is 0.430. The molecule has 9 nitrogen and oxygen atoms in total. The fourth-order valence-electron chi connectivity index (χ4n) is 5.61. The smallest absolute Gasteiger partial charge is 0.226 e. The van der Waals surface area contributed by atoms with E-state index in [1.54, 1.807) is 17.7 Å². The van der Waals surface area contributed by atoms with Crippen molar-refractivity contribution < 1.29 is 9.53 Å². The number of anilines is 3. The van der Waals surface area contributed by atoms with E-state index in [0.717, 1.165) is 57.6 Å². The van der Waals surface area contributed by atoms with Crippen molar-refractivity contribution in [3.8, 4) is 0 Å². The number of carbonyl (C=O) groups is 1. The lowest BCUT2D eigenvalue weighted by Crippen LogP contribution is -2.50. The maximum absolute atomic E-state index is 13.4. The number of nitrogens with one attached hydrogen (secondary N) is 2. The van der Waals surface area contributed by atoms with Crippen molar-refractivity contribution in [3.05, 3.63) is 35.1 Å². The Morgan fingerprint density at radius 2 is 2.03 bits per heavy atom. The number of morpholine rings is 1. The summed E-state index contributed by atoms with van der Waals surface area (Å²) in [6, 6.07) is 4.19. The van der Waals surface area contributed by atoms with Gasteiger partial charge in [-0.25, -0.2) is 9.97 Å². The van der Waals surface area contributed by atoms with Crippen LogP contribution in [0.5, 0.6) is 0 Å². The van der Waals surface area contributed by atoms with Crippen LogP contribution in [-0.2, 0) is 22.4 Å². The predicted molar refractivity (Wildman–Crippen MR) is 143 cm³/mol. The molecular weight excluding hydrogens is 474 g/mol. The molecule has 3 atom stereocenters. The number of hydrogen-bond acceptors (Lipinski definition) is 8. The summed E-state index contributed by atoms with van der Waals surface area (Å²) in [4.78, 5) is 28.9. The Balaban J connectivity index is 1.31. The first-order valence-corrected chi connectivity index (χ1v) is 13.3. The number of rotatable bonds is 4. The van der Waals surface area contributed by atoms with Crippen LogP contribution in [0.15, 0.2) is 24.7 Å². The molecule has 1 aliphatic heterocycles. The van der Waals surface area contributed by atoms with Gasteiger partial charge < -0.3 is 19.9 Å². The lowest BCUT2D eigenvalue weighted by molar-refractivity contribution is -0.147. The van der Waals surface area contributed by atoms with Crippen LogP contribution < -0.4 is 10.2 Å². The van der Waals surface area contributed by atoms with E-state index in [2.05, 4.69) is 42.5 Å². The Morgan fingerprint density at radius 1 is 1.22 bits per heavy atom. The number of aromatic amines is 1. The highest BCUT2D eigenvalue weighted by Gasteiger charge is 2.34. The molecule has 4 heterocycles. The van der Waals surface area contributed by atoms with Gasteiger partial charge in [0.1, 0.15) is 17.0 Å². The zero-order valence-corrected chi connectivity index (χ0v) is 21.9. The predicted octanol–water partition coefficient (Wildman–Crippen LogP) is 4.12. The number of H-pyrrole nitrogens is 1. The van der Waals surface area contributed by atoms with Crippen LogP contribution in [0.3, 0.4) is 0 Å². The van der Waals surface area contributed by atoms with Gasteiger partial charge in [0.15, 0.2) is 0 Å². The number of benzene rings is 1. The number of fused-ring (bicyclic) bond motifs is 4. The number of hydrogen-bond donors (Lipinski definition) is 2. The first-order chi connectivity index (χ1) is 17.4. The standard InChI is InChI=1S/C26H31N7O2S/c1-14-11-33(12-15(2)35-14)26(34)16-5-6-18-22(8-16)36-25-23(18)24(27-13-28-25)30-20-7-17-10-29-31-19(17)9-21(20)32(3)4/h7,9-10,13-16H,5-6,8,11-12H2,1-4H3,(H,29,31)(H,27,28,30). The molecule has 36 heavy (non-hydrogen) atoms.